The van der Waals surface area contributed by atoms with E-state index in [0.717, 1.165) is 26.1 Å². The summed E-state index contributed by atoms with van der Waals surface area (Å²) < 4.78 is 5.44. The third-order valence-corrected chi connectivity index (χ3v) is 4.19. The third kappa shape index (κ3) is 4.30. The molecule has 2 rings (SSSR count). The summed E-state index contributed by atoms with van der Waals surface area (Å²) in [4.78, 5) is 2.52. The van der Waals surface area contributed by atoms with Gasteiger partial charge in [-0.25, -0.2) is 0 Å². The van der Waals surface area contributed by atoms with Crippen LogP contribution in [0.4, 0.5) is 0 Å². The van der Waals surface area contributed by atoms with Gasteiger partial charge in [0, 0.05) is 32.8 Å². The minimum atomic E-state index is 0.437. The summed E-state index contributed by atoms with van der Waals surface area (Å²) in [5.74, 6) is 0. The molecule has 0 aromatic heterocycles. The third-order valence-electron chi connectivity index (χ3n) is 4.19. The quantitative estimate of drug-likeness (QED) is 0.829. The van der Waals surface area contributed by atoms with E-state index in [-0.39, 0.29) is 0 Å². The van der Waals surface area contributed by atoms with E-state index < -0.39 is 0 Å². The molecular weight excluding hydrogens is 248 g/mol. The lowest BCUT2D eigenvalue weighted by Gasteiger charge is -2.22. The molecule has 1 saturated heterocycles. The number of aryl methyl sites for hydroxylation is 1. The number of nitrogens with zero attached hydrogens (tertiary/aromatic N) is 1. The Bertz CT molecular complexity index is 408. The van der Waals surface area contributed by atoms with E-state index in [1.165, 1.54) is 24.1 Å². The van der Waals surface area contributed by atoms with Crippen molar-refractivity contribution < 1.29 is 4.74 Å². The summed E-state index contributed by atoms with van der Waals surface area (Å²) in [6.45, 7) is 8.76. The average molecular weight is 276 g/mol. The number of ether oxygens (including phenoxy) is 1. The highest BCUT2D eigenvalue weighted by molar-refractivity contribution is 5.25. The number of hydrogen-bond acceptors (Lipinski definition) is 3. The molecule has 1 N–H and O–H groups in total. The van der Waals surface area contributed by atoms with Crippen LogP contribution in [-0.2, 0) is 4.74 Å². The largest absolute Gasteiger partial charge is 0.380 e. The molecule has 0 radical (unpaired) electrons. The van der Waals surface area contributed by atoms with Crippen LogP contribution in [0.5, 0.6) is 0 Å². The lowest BCUT2D eigenvalue weighted by atomic mass is 10.0. The lowest BCUT2D eigenvalue weighted by molar-refractivity contribution is 0.107. The fourth-order valence-corrected chi connectivity index (χ4v) is 3.02. The summed E-state index contributed by atoms with van der Waals surface area (Å²) in [6, 6.07) is 9.32. The first-order chi connectivity index (χ1) is 9.72. The van der Waals surface area contributed by atoms with Crippen LogP contribution in [0.3, 0.4) is 0 Å². The molecule has 1 aromatic carbocycles. The minimum Gasteiger partial charge on any atom is -0.380 e. The number of benzene rings is 1. The predicted molar refractivity (Wildman–Crippen MR) is 84.1 cm³/mol. The summed E-state index contributed by atoms with van der Waals surface area (Å²) in [7, 11) is 1.82. The number of rotatable bonds is 7. The maximum absolute atomic E-state index is 5.44. The zero-order valence-electron chi connectivity index (χ0n) is 13.1. The number of nitrogens with one attached hydrogen (secondary N) is 1. The SMILES string of the molecule is CCNC(CCN1CCC(OC)C1)c1cccc(C)c1. The molecule has 20 heavy (non-hydrogen) atoms. The Morgan fingerprint density at radius 1 is 1.45 bits per heavy atom. The molecule has 1 aliphatic rings. The van der Waals surface area contributed by atoms with Gasteiger partial charge in [-0.15, -0.1) is 0 Å². The van der Waals surface area contributed by atoms with Crippen molar-refractivity contribution in [2.24, 2.45) is 0 Å². The van der Waals surface area contributed by atoms with Gasteiger partial charge in [0.15, 0.2) is 0 Å². The fourth-order valence-electron chi connectivity index (χ4n) is 3.02. The molecule has 1 fully saturated rings. The standard InChI is InChI=1S/C17H28N2O/c1-4-18-17(15-7-5-6-14(2)12-15)9-11-19-10-8-16(13-19)20-3/h5-7,12,16-18H,4,8-11,13H2,1-3H3. The van der Waals surface area contributed by atoms with Gasteiger partial charge in [0.2, 0.25) is 0 Å². The van der Waals surface area contributed by atoms with Gasteiger partial charge in [0.05, 0.1) is 6.10 Å². The topological polar surface area (TPSA) is 24.5 Å². The molecule has 112 valence electrons. The second-order valence-corrected chi connectivity index (χ2v) is 5.76. The van der Waals surface area contributed by atoms with Crippen LogP contribution in [0.15, 0.2) is 24.3 Å². The molecule has 3 nitrogen and oxygen atoms in total. The summed E-state index contributed by atoms with van der Waals surface area (Å²) in [5.41, 5.74) is 2.75. The van der Waals surface area contributed by atoms with Gasteiger partial charge in [-0.3, -0.25) is 0 Å². The number of methoxy groups -OCH3 is 1. The first kappa shape index (κ1) is 15.5. The van der Waals surface area contributed by atoms with Crippen molar-refractivity contribution in [3.05, 3.63) is 35.4 Å². The molecule has 2 unspecified atom stereocenters. The van der Waals surface area contributed by atoms with Crippen LogP contribution in [0.25, 0.3) is 0 Å². The Kier molecular flexibility index (Phi) is 6.02. The summed E-state index contributed by atoms with van der Waals surface area (Å²) in [6.07, 6.45) is 2.77. The Labute approximate surface area is 123 Å². The van der Waals surface area contributed by atoms with Crippen LogP contribution < -0.4 is 5.32 Å². The van der Waals surface area contributed by atoms with E-state index in [4.69, 9.17) is 4.74 Å². The Hall–Kier alpha value is -0.900. The first-order valence-electron chi connectivity index (χ1n) is 7.78. The van der Waals surface area contributed by atoms with Crippen LogP contribution in [0.2, 0.25) is 0 Å². The Morgan fingerprint density at radius 3 is 2.95 bits per heavy atom. The van der Waals surface area contributed by atoms with Gasteiger partial charge in [-0.05, 0) is 31.9 Å². The number of hydrogen-bond donors (Lipinski definition) is 1. The van der Waals surface area contributed by atoms with Crippen molar-refractivity contribution in [1.29, 1.82) is 0 Å². The summed E-state index contributed by atoms with van der Waals surface area (Å²) in [5, 5.41) is 3.62. The first-order valence-corrected chi connectivity index (χ1v) is 7.78. The highest BCUT2D eigenvalue weighted by Crippen LogP contribution is 2.20. The monoisotopic (exact) mass is 276 g/mol. The Morgan fingerprint density at radius 2 is 2.30 bits per heavy atom. The lowest BCUT2D eigenvalue weighted by Crippen LogP contribution is -2.29. The zero-order chi connectivity index (χ0) is 14.4. The maximum Gasteiger partial charge on any atom is 0.0710 e. The van der Waals surface area contributed by atoms with Gasteiger partial charge < -0.3 is 15.0 Å². The van der Waals surface area contributed by atoms with E-state index in [1.807, 2.05) is 7.11 Å². The van der Waals surface area contributed by atoms with Crippen molar-refractivity contribution in [3.63, 3.8) is 0 Å². The summed E-state index contributed by atoms with van der Waals surface area (Å²) >= 11 is 0. The normalized spacial score (nSPS) is 21.2. The van der Waals surface area contributed by atoms with Crippen molar-refractivity contribution in [3.8, 4) is 0 Å². The molecule has 0 spiro atoms. The molecule has 1 aliphatic heterocycles. The van der Waals surface area contributed by atoms with Crippen molar-refractivity contribution in [1.82, 2.24) is 10.2 Å². The molecule has 0 saturated carbocycles. The van der Waals surface area contributed by atoms with E-state index in [1.54, 1.807) is 0 Å². The van der Waals surface area contributed by atoms with Gasteiger partial charge in [0.1, 0.15) is 0 Å². The molecule has 0 bridgehead atoms. The smallest absolute Gasteiger partial charge is 0.0710 e. The van der Waals surface area contributed by atoms with Gasteiger partial charge >= 0.3 is 0 Å². The molecule has 3 heteroatoms. The maximum atomic E-state index is 5.44. The molecular formula is C17H28N2O. The van der Waals surface area contributed by atoms with E-state index in [9.17, 15) is 0 Å². The Balaban J connectivity index is 1.89. The molecule has 1 heterocycles. The highest BCUT2D eigenvalue weighted by atomic mass is 16.5. The molecule has 2 atom stereocenters. The van der Waals surface area contributed by atoms with Crippen molar-refractivity contribution >= 4 is 0 Å². The molecule has 1 aromatic rings. The molecule has 0 aliphatic carbocycles. The second-order valence-electron chi connectivity index (χ2n) is 5.76. The van der Waals surface area contributed by atoms with Crippen LogP contribution >= 0.6 is 0 Å². The van der Waals surface area contributed by atoms with E-state index in [2.05, 4.69) is 48.3 Å². The predicted octanol–water partition coefficient (Wildman–Crippen LogP) is 2.76. The van der Waals surface area contributed by atoms with Crippen LogP contribution in [0.1, 0.15) is 36.9 Å². The second kappa shape index (κ2) is 7.77. The van der Waals surface area contributed by atoms with Gasteiger partial charge in [0.25, 0.3) is 0 Å². The average Bonchev–Trinajstić information content (AvgIpc) is 2.91. The van der Waals surface area contributed by atoms with E-state index in [0.29, 0.717) is 12.1 Å². The highest BCUT2D eigenvalue weighted by Gasteiger charge is 2.22. The van der Waals surface area contributed by atoms with E-state index >= 15 is 0 Å². The number of likely N-dealkylation sites (tertiary alicyclic amines) is 1. The fraction of sp³-hybridized carbons (Fsp3) is 0.647. The van der Waals surface area contributed by atoms with Crippen molar-refractivity contribution in [2.45, 2.75) is 38.8 Å². The van der Waals surface area contributed by atoms with Crippen molar-refractivity contribution in [2.75, 3.05) is 33.3 Å². The minimum absolute atomic E-state index is 0.437. The van der Waals surface area contributed by atoms with Gasteiger partial charge in [-0.2, -0.15) is 0 Å². The zero-order valence-corrected chi connectivity index (χ0v) is 13.1. The van der Waals surface area contributed by atoms with Crippen LogP contribution in [0, 0.1) is 6.92 Å². The molecule has 0 amide bonds. The van der Waals surface area contributed by atoms with Gasteiger partial charge in [-0.1, -0.05) is 36.8 Å². The van der Waals surface area contributed by atoms with Crippen LogP contribution in [-0.4, -0.2) is 44.3 Å².